The maximum atomic E-state index is 2.22. The smallest absolute Gasteiger partial charge is 0.000553 e. The molecule has 19 aliphatic carbocycles. The number of rotatable bonds is 0. The van der Waals surface area contributed by atoms with Crippen molar-refractivity contribution in [2.45, 2.75) is 37.5 Å². The van der Waals surface area contributed by atoms with Crippen molar-refractivity contribution >= 4 is 21.5 Å². The third kappa shape index (κ3) is 1.14. The Kier molecular flexibility index (Phi) is 2.02. The van der Waals surface area contributed by atoms with E-state index in [0.29, 0.717) is 0 Å². The van der Waals surface area contributed by atoms with Crippen LogP contribution in [0.2, 0.25) is 0 Å². The number of benzene rings is 2. The minimum absolute atomic E-state index is 1.03. The van der Waals surface area contributed by atoms with Crippen molar-refractivity contribution < 1.29 is 0 Å². The SMILES string of the molecule is C1Cc2c1c1c2c2c3c(c12)C1C2C4=C(C2C31)C1C4C2C1C1C2C2C3C4C5C6=C(C7C6C6C7C7C8C9C%10CCC%10C9C8C67)C5C4C3C12. The second kappa shape index (κ2) is 4.74. The van der Waals surface area contributed by atoms with Crippen LogP contribution >= 0.6 is 0 Å². The molecule has 0 spiro atoms. The summed E-state index contributed by atoms with van der Waals surface area (Å²) >= 11 is 0. The molecule has 46 heavy (non-hydrogen) atoms. The first-order chi connectivity index (χ1) is 23.0. The summed E-state index contributed by atoms with van der Waals surface area (Å²) in [6.45, 7) is 0. The minimum Gasteiger partial charge on any atom is -0.0624 e. The maximum Gasteiger partial charge on any atom is -0.000553 e. The van der Waals surface area contributed by atoms with Crippen LogP contribution in [0.4, 0.5) is 0 Å². The lowest BCUT2D eigenvalue weighted by molar-refractivity contribution is -0.461. The first kappa shape index (κ1) is 19.6. The largest absolute Gasteiger partial charge is 0.0624 e. The van der Waals surface area contributed by atoms with Crippen LogP contribution < -0.4 is 0 Å². The zero-order valence-electron chi connectivity index (χ0n) is 26.1. The summed E-state index contributed by atoms with van der Waals surface area (Å²) in [6, 6.07) is 0. The molecular weight excluding hydrogens is 553 g/mol. The fourth-order valence-corrected chi connectivity index (χ4v) is 25.0. The van der Waals surface area contributed by atoms with Gasteiger partial charge in [0.2, 0.25) is 0 Å². The maximum absolute atomic E-state index is 2.22. The van der Waals surface area contributed by atoms with Gasteiger partial charge < -0.3 is 0 Å². The van der Waals surface area contributed by atoms with Crippen molar-refractivity contribution in [3.8, 4) is 0 Å². The Labute approximate surface area is 268 Å². The number of hydrogen-bond acceptors (Lipinski definition) is 0. The molecule has 30 atom stereocenters. The van der Waals surface area contributed by atoms with Crippen LogP contribution in [0.3, 0.4) is 0 Å². The van der Waals surface area contributed by atoms with Crippen molar-refractivity contribution in [2.24, 2.45) is 166 Å². The second-order valence-electron chi connectivity index (χ2n) is 23.2. The molecule has 0 aromatic heterocycles. The van der Waals surface area contributed by atoms with Crippen LogP contribution in [0.1, 0.15) is 46.9 Å². The Morgan fingerprint density at radius 3 is 0.891 bits per heavy atom. The lowest BCUT2D eigenvalue weighted by atomic mass is 9.07. The van der Waals surface area contributed by atoms with E-state index in [1.54, 1.807) is 12.8 Å². The molecule has 0 heteroatoms. The van der Waals surface area contributed by atoms with Gasteiger partial charge in [0, 0.05) is 0 Å². The van der Waals surface area contributed by atoms with Gasteiger partial charge in [-0.1, -0.05) is 22.3 Å². The second-order valence-corrected chi connectivity index (χ2v) is 23.2. The van der Waals surface area contributed by atoms with Crippen LogP contribution in [0.25, 0.3) is 21.5 Å². The van der Waals surface area contributed by atoms with Gasteiger partial charge in [-0.15, -0.1) is 0 Å². The zero-order valence-corrected chi connectivity index (χ0v) is 26.1. The molecule has 0 heterocycles. The van der Waals surface area contributed by atoms with Crippen molar-refractivity contribution in [1.29, 1.82) is 0 Å². The first-order valence-electron chi connectivity index (χ1n) is 21.4. The summed E-state index contributed by atoms with van der Waals surface area (Å²) in [5, 5.41) is 7.33. The molecule has 22 rings (SSSR count). The lowest BCUT2D eigenvalue weighted by Gasteiger charge is -2.97. The number of allylic oxidation sites excluding steroid dienone is 4. The molecule has 0 amide bonds. The highest BCUT2D eigenvalue weighted by Crippen LogP contribution is 3.00. The number of hydrogen-bond donors (Lipinski definition) is 0. The van der Waals surface area contributed by atoms with Crippen molar-refractivity contribution in [3.05, 3.63) is 44.5 Å². The van der Waals surface area contributed by atoms with Crippen molar-refractivity contribution in [2.75, 3.05) is 0 Å². The van der Waals surface area contributed by atoms with E-state index in [4.69, 9.17) is 0 Å². The van der Waals surface area contributed by atoms with Gasteiger partial charge in [0.1, 0.15) is 0 Å². The van der Waals surface area contributed by atoms with Gasteiger partial charge in [-0.3, -0.25) is 0 Å². The molecule has 19 aliphatic rings. The molecule has 0 radical (unpaired) electrons. The molecular formula is C46H38. The molecule has 0 saturated heterocycles. The molecule has 13 saturated carbocycles. The Bertz CT molecular complexity index is 2260. The predicted molar refractivity (Wildman–Crippen MR) is 169 cm³/mol. The monoisotopic (exact) mass is 590 g/mol. The van der Waals surface area contributed by atoms with E-state index in [0.717, 1.165) is 35.5 Å². The van der Waals surface area contributed by atoms with Gasteiger partial charge in [0.15, 0.2) is 0 Å². The molecule has 0 aliphatic heterocycles. The zero-order chi connectivity index (χ0) is 27.1. The normalized spacial score (nSPS) is 78.8. The summed E-state index contributed by atoms with van der Waals surface area (Å²) in [4.78, 5) is 0. The topological polar surface area (TPSA) is 0 Å². The van der Waals surface area contributed by atoms with Gasteiger partial charge in [0.05, 0.1) is 0 Å². The van der Waals surface area contributed by atoms with E-state index in [1.165, 1.54) is 155 Å². The van der Waals surface area contributed by atoms with E-state index >= 15 is 0 Å². The fraction of sp³-hybridized carbons (Fsp3) is 0.739. The molecule has 222 valence electrons. The van der Waals surface area contributed by atoms with Crippen LogP contribution in [0.15, 0.2) is 22.3 Å². The third-order valence-corrected chi connectivity index (χ3v) is 25.4. The average molecular weight is 591 g/mol. The highest BCUT2D eigenvalue weighted by atomic mass is 15.0. The quantitative estimate of drug-likeness (QED) is 0.189. The Hall–Kier alpha value is -1.56. The Morgan fingerprint density at radius 2 is 0.565 bits per heavy atom. The Morgan fingerprint density at radius 1 is 0.261 bits per heavy atom. The lowest BCUT2D eigenvalue weighted by Crippen LogP contribution is -2.93. The molecule has 13 fully saturated rings. The fourth-order valence-electron chi connectivity index (χ4n) is 25.0. The summed E-state index contributed by atoms with van der Waals surface area (Å²) < 4.78 is 0. The standard InChI is InChI=1S/C46H38/c1-2-6-5(1)9-10(6)14-13(9)17-18(14)22-21(17)25-26(22)30-29(25)33-34(30)38-37(33)41-42(38)46-44-40-36-32-28-24-20-16-12-8-4-3-7(8)11(12)15(16)19(20)23(24)27(28)31(32)35(36)39(40)43(44)45(41)46/h5-6,9-10,13-14,17-18,21-28,33-46H,1-4H2. The van der Waals surface area contributed by atoms with E-state index < -0.39 is 0 Å². The summed E-state index contributed by atoms with van der Waals surface area (Å²) in [7, 11) is 0. The molecule has 30 unspecified atom stereocenters. The van der Waals surface area contributed by atoms with E-state index in [1.807, 2.05) is 43.8 Å². The van der Waals surface area contributed by atoms with Gasteiger partial charge in [-0.25, -0.2) is 0 Å². The molecule has 0 N–H and O–H groups in total. The number of fused-ring (bicyclic) bond motifs is 59. The van der Waals surface area contributed by atoms with Crippen LogP contribution in [-0.2, 0) is 12.8 Å². The first-order valence-corrected chi connectivity index (χ1v) is 21.4. The van der Waals surface area contributed by atoms with Gasteiger partial charge in [0.25, 0.3) is 0 Å². The summed E-state index contributed by atoms with van der Waals surface area (Å²) in [5.74, 6) is 36.3. The predicted octanol–water partition coefficient (Wildman–Crippen LogP) is 7.44. The van der Waals surface area contributed by atoms with Crippen LogP contribution in [0, 0.1) is 166 Å². The molecule has 0 nitrogen and oxygen atoms in total. The van der Waals surface area contributed by atoms with Gasteiger partial charge in [-0.2, -0.15) is 0 Å². The summed E-state index contributed by atoms with van der Waals surface area (Å²) in [5.41, 5.74) is 16.3. The van der Waals surface area contributed by atoms with E-state index in [9.17, 15) is 0 Å². The van der Waals surface area contributed by atoms with Crippen LogP contribution in [-0.4, -0.2) is 0 Å². The van der Waals surface area contributed by atoms with Crippen molar-refractivity contribution in [3.63, 3.8) is 0 Å². The molecule has 3 aromatic rings. The molecule has 3 aromatic carbocycles. The van der Waals surface area contributed by atoms with E-state index in [2.05, 4.69) is 22.3 Å². The van der Waals surface area contributed by atoms with Crippen LogP contribution in [0.5, 0.6) is 0 Å². The highest BCUT2D eigenvalue weighted by molar-refractivity contribution is 6.38. The summed E-state index contributed by atoms with van der Waals surface area (Å²) in [6.07, 6.45) is 6.11. The highest BCUT2D eigenvalue weighted by Gasteiger charge is 2.95. The Balaban J connectivity index is 0.576. The third-order valence-electron chi connectivity index (χ3n) is 25.4. The van der Waals surface area contributed by atoms with Gasteiger partial charge >= 0.3 is 0 Å². The molecule has 0 bridgehead atoms. The van der Waals surface area contributed by atoms with E-state index in [-0.39, 0.29) is 0 Å². The van der Waals surface area contributed by atoms with Crippen molar-refractivity contribution in [1.82, 2.24) is 0 Å². The number of aryl methyl sites for hydroxylation is 2. The van der Waals surface area contributed by atoms with Gasteiger partial charge in [-0.05, 0) is 247 Å². The average Bonchev–Trinajstić information content (AvgIpc) is 2.96. The minimum atomic E-state index is 1.03.